The molecule has 2 heterocycles. The Bertz CT molecular complexity index is 958. The minimum atomic E-state index is -3.07. The predicted octanol–water partition coefficient (Wildman–Crippen LogP) is 6.09. The third kappa shape index (κ3) is 3.50. The molecule has 4 rings (SSSR count). The van der Waals surface area contributed by atoms with E-state index in [2.05, 4.69) is 9.98 Å². The second-order valence-electron chi connectivity index (χ2n) is 6.58. The number of nitrogens with zero attached hydrogens (tertiary/aromatic N) is 2. The summed E-state index contributed by atoms with van der Waals surface area (Å²) in [5, 5.41) is 0.387. The quantitative estimate of drug-likeness (QED) is 0.538. The lowest BCUT2D eigenvalue weighted by molar-refractivity contribution is 0.0484. The number of pyridine rings is 1. The van der Waals surface area contributed by atoms with Crippen molar-refractivity contribution in [2.75, 3.05) is 0 Å². The molecule has 0 saturated heterocycles. The number of halogens is 3. The molecule has 0 fully saturated rings. The molecule has 2 nitrogen and oxygen atoms in total. The van der Waals surface area contributed by atoms with Gasteiger partial charge in [-0.25, -0.2) is 0 Å². The molecule has 3 aromatic rings. The van der Waals surface area contributed by atoms with Crippen molar-refractivity contribution in [3.8, 4) is 0 Å². The van der Waals surface area contributed by atoms with Crippen LogP contribution in [-0.4, -0.2) is 16.6 Å². The molecule has 27 heavy (non-hydrogen) atoms. The largest absolute Gasteiger partial charge is 0.290 e. The summed E-state index contributed by atoms with van der Waals surface area (Å²) in [7, 11) is 0. The van der Waals surface area contributed by atoms with E-state index >= 15 is 8.78 Å². The maximum Gasteiger partial charge on any atom is 0.290 e. The fourth-order valence-corrected chi connectivity index (χ4v) is 3.83. The molecular weight excluding hydrogens is 366 g/mol. The van der Waals surface area contributed by atoms with Crippen molar-refractivity contribution in [1.29, 1.82) is 0 Å². The summed E-state index contributed by atoms with van der Waals surface area (Å²) in [6, 6.07) is 21.0. The molecule has 0 unspecified atom stereocenters. The Balaban J connectivity index is 1.88. The summed E-state index contributed by atoms with van der Waals surface area (Å²) in [6.07, 6.45) is 1.19. The van der Waals surface area contributed by atoms with Gasteiger partial charge in [0.2, 0.25) is 0 Å². The number of rotatable bonds is 3. The van der Waals surface area contributed by atoms with E-state index in [1.807, 2.05) is 30.3 Å². The summed E-state index contributed by atoms with van der Waals surface area (Å²) in [5.74, 6) is -3.68. The number of aliphatic imine (C=N–C) groups is 1. The summed E-state index contributed by atoms with van der Waals surface area (Å²) in [5.41, 5.74) is 1.59. The minimum Gasteiger partial charge on any atom is -0.274 e. The highest BCUT2D eigenvalue weighted by Crippen LogP contribution is 2.47. The van der Waals surface area contributed by atoms with E-state index in [4.69, 9.17) is 11.6 Å². The Hall–Kier alpha value is -2.59. The van der Waals surface area contributed by atoms with Crippen LogP contribution in [0.15, 0.2) is 84.0 Å². The second kappa shape index (κ2) is 7.20. The molecule has 0 amide bonds. The summed E-state index contributed by atoms with van der Waals surface area (Å²) >= 11 is 6.30. The molecule has 0 N–H and O–H groups in total. The first kappa shape index (κ1) is 17.8. The van der Waals surface area contributed by atoms with Gasteiger partial charge in [-0.2, -0.15) is 8.78 Å². The van der Waals surface area contributed by atoms with Crippen molar-refractivity contribution in [3.63, 3.8) is 0 Å². The maximum atomic E-state index is 15.1. The molecule has 1 aliphatic heterocycles. The Labute approximate surface area is 161 Å². The number of hydrogen-bond donors (Lipinski definition) is 0. The first-order chi connectivity index (χ1) is 13.1. The van der Waals surface area contributed by atoms with Crippen molar-refractivity contribution in [1.82, 2.24) is 4.98 Å². The third-order valence-corrected chi connectivity index (χ3v) is 5.12. The van der Waals surface area contributed by atoms with E-state index in [1.54, 1.807) is 48.7 Å². The smallest absolute Gasteiger partial charge is 0.274 e. The molecule has 2 atom stereocenters. The van der Waals surface area contributed by atoms with E-state index in [9.17, 15) is 0 Å². The van der Waals surface area contributed by atoms with Crippen LogP contribution in [0.3, 0.4) is 0 Å². The van der Waals surface area contributed by atoms with Crippen LogP contribution in [0.5, 0.6) is 0 Å². The molecule has 0 saturated carbocycles. The zero-order chi connectivity index (χ0) is 18.9. The van der Waals surface area contributed by atoms with Gasteiger partial charge in [-0.3, -0.25) is 9.98 Å². The molecule has 1 aliphatic rings. The lowest BCUT2D eigenvalue weighted by atomic mass is 9.80. The van der Waals surface area contributed by atoms with Crippen LogP contribution < -0.4 is 0 Å². The normalized spacial score (nSPS) is 21.5. The fraction of sp³-hybridized carbons (Fsp3) is 0.182. The topological polar surface area (TPSA) is 25.2 Å². The number of aromatic nitrogens is 1. The highest BCUT2D eigenvalue weighted by atomic mass is 35.5. The van der Waals surface area contributed by atoms with Gasteiger partial charge in [0.25, 0.3) is 5.92 Å². The van der Waals surface area contributed by atoms with Crippen LogP contribution in [0.4, 0.5) is 8.78 Å². The van der Waals surface area contributed by atoms with E-state index < -0.39 is 24.3 Å². The Morgan fingerprint density at radius 2 is 1.56 bits per heavy atom. The summed E-state index contributed by atoms with van der Waals surface area (Å²) < 4.78 is 30.2. The van der Waals surface area contributed by atoms with E-state index in [0.717, 1.165) is 5.56 Å². The van der Waals surface area contributed by atoms with E-state index in [0.29, 0.717) is 16.3 Å². The summed E-state index contributed by atoms with van der Waals surface area (Å²) in [4.78, 5) is 8.85. The van der Waals surface area contributed by atoms with Crippen molar-refractivity contribution < 1.29 is 8.78 Å². The Kier molecular flexibility index (Phi) is 4.75. The molecule has 2 aromatic carbocycles. The van der Waals surface area contributed by atoms with Crippen molar-refractivity contribution in [2.24, 2.45) is 4.99 Å². The molecule has 136 valence electrons. The fourth-order valence-electron chi connectivity index (χ4n) is 3.56. The highest BCUT2D eigenvalue weighted by molar-refractivity contribution is 6.31. The van der Waals surface area contributed by atoms with E-state index in [1.165, 1.54) is 0 Å². The van der Waals surface area contributed by atoms with Gasteiger partial charge in [0.15, 0.2) is 0 Å². The highest BCUT2D eigenvalue weighted by Gasteiger charge is 2.47. The predicted molar refractivity (Wildman–Crippen MR) is 104 cm³/mol. The first-order valence-corrected chi connectivity index (χ1v) is 9.11. The van der Waals surface area contributed by atoms with Gasteiger partial charge < -0.3 is 0 Å². The average Bonchev–Trinajstić information content (AvgIpc) is 2.69. The van der Waals surface area contributed by atoms with Crippen LogP contribution in [0.2, 0.25) is 5.02 Å². The lowest BCUT2D eigenvalue weighted by Crippen LogP contribution is -2.38. The molecule has 0 radical (unpaired) electrons. The maximum absolute atomic E-state index is 15.1. The zero-order valence-corrected chi connectivity index (χ0v) is 15.2. The van der Waals surface area contributed by atoms with Gasteiger partial charge in [0.1, 0.15) is 5.71 Å². The lowest BCUT2D eigenvalue weighted by Gasteiger charge is -2.35. The van der Waals surface area contributed by atoms with Crippen molar-refractivity contribution in [3.05, 3.63) is 101 Å². The Morgan fingerprint density at radius 1 is 0.889 bits per heavy atom. The third-order valence-electron chi connectivity index (χ3n) is 4.80. The molecule has 1 aromatic heterocycles. The number of hydrogen-bond acceptors (Lipinski definition) is 2. The van der Waals surface area contributed by atoms with Gasteiger partial charge in [-0.05, 0) is 17.7 Å². The van der Waals surface area contributed by atoms with Gasteiger partial charge in [0, 0.05) is 24.1 Å². The molecule has 0 bridgehead atoms. The summed E-state index contributed by atoms with van der Waals surface area (Å²) in [6.45, 7) is 0. The van der Waals surface area contributed by atoms with Gasteiger partial charge in [0.05, 0.1) is 16.8 Å². The standard InChI is InChI=1S/C22H17ClF2N2/c23-18-12-7-13-26-20(18)17-14-22(24,25)21(16-10-5-2-6-11-16)27-19(17)15-8-3-1-4-9-15/h1-13,17,19H,14H2/t17-,19-/m0/s1. The average molecular weight is 383 g/mol. The van der Waals surface area contributed by atoms with Crippen molar-refractivity contribution in [2.45, 2.75) is 24.3 Å². The second-order valence-corrected chi connectivity index (χ2v) is 6.99. The van der Waals surface area contributed by atoms with Crippen LogP contribution in [0.25, 0.3) is 0 Å². The number of benzene rings is 2. The SMILES string of the molecule is FC1(F)C[C@H](c2ncccc2Cl)[C@H](c2ccccc2)N=C1c1ccccc1. The van der Waals surface area contributed by atoms with Crippen LogP contribution >= 0.6 is 11.6 Å². The van der Waals surface area contributed by atoms with Crippen molar-refractivity contribution >= 4 is 17.3 Å². The molecule has 0 aliphatic carbocycles. The van der Waals surface area contributed by atoms with Gasteiger partial charge in [-0.1, -0.05) is 72.3 Å². The number of alkyl halides is 2. The molecule has 5 heteroatoms. The molecule has 0 spiro atoms. The minimum absolute atomic E-state index is 0.180. The Morgan fingerprint density at radius 3 is 2.22 bits per heavy atom. The van der Waals surface area contributed by atoms with Crippen LogP contribution in [0.1, 0.15) is 35.2 Å². The first-order valence-electron chi connectivity index (χ1n) is 8.73. The van der Waals surface area contributed by atoms with Crippen LogP contribution in [-0.2, 0) is 0 Å². The van der Waals surface area contributed by atoms with Gasteiger partial charge >= 0.3 is 0 Å². The monoisotopic (exact) mass is 382 g/mol. The van der Waals surface area contributed by atoms with Crippen LogP contribution in [0, 0.1) is 0 Å². The van der Waals surface area contributed by atoms with Gasteiger partial charge in [-0.15, -0.1) is 0 Å². The van der Waals surface area contributed by atoms with E-state index in [-0.39, 0.29) is 5.71 Å². The molecular formula is C22H17ClF2N2. The zero-order valence-electron chi connectivity index (χ0n) is 14.4.